The van der Waals surface area contributed by atoms with Crippen molar-refractivity contribution in [2.45, 2.75) is 34.1 Å². The molecule has 1 aromatic rings. The lowest BCUT2D eigenvalue weighted by Gasteiger charge is -2.13. The number of aryl methyl sites for hydroxylation is 1. The van der Waals surface area contributed by atoms with Crippen molar-refractivity contribution in [3.05, 3.63) is 65.3 Å². The fourth-order valence-corrected chi connectivity index (χ4v) is 1.80. The van der Waals surface area contributed by atoms with E-state index in [1.165, 1.54) is 17.2 Å². The highest BCUT2D eigenvalue weighted by Gasteiger charge is 2.01. The highest BCUT2D eigenvalue weighted by Crippen LogP contribution is 2.14. The van der Waals surface area contributed by atoms with Crippen molar-refractivity contribution in [3.63, 3.8) is 0 Å². The lowest BCUT2D eigenvalue weighted by molar-refractivity contribution is 0.619. The molecule has 0 saturated carbocycles. The minimum absolute atomic E-state index is 0.199. The van der Waals surface area contributed by atoms with E-state index in [2.05, 4.69) is 43.2 Å². The van der Waals surface area contributed by atoms with Gasteiger partial charge in [-0.05, 0) is 56.5 Å². The van der Waals surface area contributed by atoms with Gasteiger partial charge < -0.3 is 10.6 Å². The lowest BCUT2D eigenvalue weighted by atomic mass is 10.1. The van der Waals surface area contributed by atoms with Crippen LogP contribution in [0.1, 0.15) is 32.8 Å². The minimum atomic E-state index is -0.199. The van der Waals surface area contributed by atoms with Crippen LogP contribution < -0.4 is 10.6 Å². The van der Waals surface area contributed by atoms with E-state index in [9.17, 15) is 4.39 Å². The van der Waals surface area contributed by atoms with Gasteiger partial charge >= 0.3 is 0 Å². The largest absolute Gasteiger partial charge is 0.368 e. The molecule has 0 atom stereocenters. The van der Waals surface area contributed by atoms with Crippen molar-refractivity contribution in [3.8, 4) is 0 Å². The molecular formula is C18H25FN2. The molecule has 0 aliphatic carbocycles. The van der Waals surface area contributed by atoms with Crippen LogP contribution >= 0.6 is 0 Å². The first kappa shape index (κ1) is 17.0. The van der Waals surface area contributed by atoms with Crippen molar-refractivity contribution in [1.29, 1.82) is 0 Å². The highest BCUT2D eigenvalue weighted by atomic mass is 19.1. The van der Waals surface area contributed by atoms with Crippen molar-refractivity contribution in [2.24, 2.45) is 0 Å². The van der Waals surface area contributed by atoms with E-state index in [-0.39, 0.29) is 5.82 Å². The summed E-state index contributed by atoms with van der Waals surface area (Å²) in [5.74, 6) is 0.499. The third kappa shape index (κ3) is 5.86. The monoisotopic (exact) mass is 288 g/mol. The summed E-state index contributed by atoms with van der Waals surface area (Å²) >= 11 is 0. The van der Waals surface area contributed by atoms with Gasteiger partial charge in [0.05, 0.1) is 5.82 Å². The normalized spacial score (nSPS) is 12.2. The summed E-state index contributed by atoms with van der Waals surface area (Å²) in [4.78, 5) is 0. The third-order valence-corrected chi connectivity index (χ3v) is 3.32. The molecule has 0 spiro atoms. The number of nitrogens with one attached hydrogen (secondary N) is 2. The van der Waals surface area contributed by atoms with E-state index < -0.39 is 0 Å². The second kappa shape index (κ2) is 8.30. The molecule has 0 aromatic heterocycles. The lowest BCUT2D eigenvalue weighted by Crippen LogP contribution is -2.20. The molecule has 1 rings (SSSR count). The van der Waals surface area contributed by atoms with Gasteiger partial charge in [0.1, 0.15) is 5.82 Å². The minimum Gasteiger partial charge on any atom is -0.368 e. The van der Waals surface area contributed by atoms with Crippen molar-refractivity contribution < 1.29 is 4.39 Å². The molecule has 0 unspecified atom stereocenters. The number of hydrogen-bond acceptors (Lipinski definition) is 2. The van der Waals surface area contributed by atoms with Crippen LogP contribution in [-0.4, -0.2) is 6.54 Å². The van der Waals surface area contributed by atoms with E-state index in [0.29, 0.717) is 17.9 Å². The molecule has 21 heavy (non-hydrogen) atoms. The molecule has 2 N–H and O–H groups in total. The molecule has 114 valence electrons. The van der Waals surface area contributed by atoms with Crippen LogP contribution in [0.4, 0.5) is 10.1 Å². The van der Waals surface area contributed by atoms with Crippen LogP contribution in [-0.2, 0) is 0 Å². The summed E-state index contributed by atoms with van der Waals surface area (Å²) in [6, 6.07) is 4.92. The van der Waals surface area contributed by atoms with Gasteiger partial charge in [-0.25, -0.2) is 4.39 Å². The summed E-state index contributed by atoms with van der Waals surface area (Å²) in [6.45, 7) is 12.7. The smallest absolute Gasteiger partial charge is 0.126 e. The van der Waals surface area contributed by atoms with E-state index in [0.717, 1.165) is 12.1 Å². The Labute approximate surface area is 127 Å². The zero-order valence-electron chi connectivity index (χ0n) is 13.4. The summed E-state index contributed by atoms with van der Waals surface area (Å²) in [7, 11) is 0. The number of allylic oxidation sites excluding steroid dienone is 2. The number of benzene rings is 1. The Morgan fingerprint density at radius 3 is 2.67 bits per heavy atom. The Balaban J connectivity index is 2.56. The van der Waals surface area contributed by atoms with Crippen LogP contribution in [0.3, 0.4) is 0 Å². The highest BCUT2D eigenvalue weighted by molar-refractivity contribution is 5.49. The van der Waals surface area contributed by atoms with Gasteiger partial charge in [-0.3, -0.25) is 0 Å². The maximum atomic E-state index is 13.2. The van der Waals surface area contributed by atoms with Gasteiger partial charge in [-0.15, -0.1) is 0 Å². The second-order valence-electron chi connectivity index (χ2n) is 5.13. The van der Waals surface area contributed by atoms with Crippen LogP contribution in [0.25, 0.3) is 0 Å². The second-order valence-corrected chi connectivity index (χ2v) is 5.13. The first-order valence-corrected chi connectivity index (χ1v) is 7.24. The Kier molecular flexibility index (Phi) is 6.73. The Morgan fingerprint density at radius 2 is 2.10 bits per heavy atom. The first-order valence-electron chi connectivity index (χ1n) is 7.24. The average Bonchev–Trinajstić information content (AvgIpc) is 2.47. The Hall–Kier alpha value is -2.03. The standard InChI is InChI=1S/C18H25FN2/c1-6-13(3)10-16(7-2)12-20-15(5)21-17-8-9-18(19)14(4)11-17/h7-11,20-21H,5-6,12H2,1-4H3/b13-10-,16-7+. The van der Waals surface area contributed by atoms with Crippen LogP contribution in [0, 0.1) is 12.7 Å². The quantitative estimate of drug-likeness (QED) is 0.697. The molecule has 0 saturated heterocycles. The molecule has 0 bridgehead atoms. The SMILES string of the molecule is C=C(NCC(/C=C(/C)CC)=C/C)Nc1ccc(F)c(C)c1. The van der Waals surface area contributed by atoms with E-state index in [1.54, 1.807) is 19.1 Å². The molecular weight excluding hydrogens is 263 g/mol. The summed E-state index contributed by atoms with van der Waals surface area (Å²) in [5.41, 5.74) is 4.00. The molecule has 2 nitrogen and oxygen atoms in total. The molecule has 0 aliphatic rings. The number of anilines is 1. The van der Waals surface area contributed by atoms with Gasteiger partial charge in [0.2, 0.25) is 0 Å². The average molecular weight is 288 g/mol. The van der Waals surface area contributed by atoms with Crippen molar-refractivity contribution in [1.82, 2.24) is 5.32 Å². The molecule has 0 aliphatic heterocycles. The van der Waals surface area contributed by atoms with Crippen molar-refractivity contribution >= 4 is 5.69 Å². The van der Waals surface area contributed by atoms with Crippen LogP contribution in [0.15, 0.2) is 53.9 Å². The fraction of sp³-hybridized carbons (Fsp3) is 0.333. The van der Waals surface area contributed by atoms with Gasteiger partial charge in [0, 0.05) is 12.2 Å². The number of rotatable bonds is 7. The van der Waals surface area contributed by atoms with Gasteiger partial charge in [-0.1, -0.05) is 31.2 Å². The van der Waals surface area contributed by atoms with E-state index in [1.807, 2.05) is 6.92 Å². The van der Waals surface area contributed by atoms with Crippen LogP contribution in [0.5, 0.6) is 0 Å². The number of halogens is 1. The molecule has 0 fully saturated rings. The summed E-state index contributed by atoms with van der Waals surface area (Å²) in [5, 5.41) is 6.37. The van der Waals surface area contributed by atoms with E-state index in [4.69, 9.17) is 0 Å². The topological polar surface area (TPSA) is 24.1 Å². The van der Waals surface area contributed by atoms with Gasteiger partial charge in [-0.2, -0.15) is 0 Å². The summed E-state index contributed by atoms with van der Waals surface area (Å²) in [6.07, 6.45) is 5.31. The van der Waals surface area contributed by atoms with Crippen LogP contribution in [0.2, 0.25) is 0 Å². The van der Waals surface area contributed by atoms with Crippen molar-refractivity contribution in [2.75, 3.05) is 11.9 Å². The summed E-state index contributed by atoms with van der Waals surface area (Å²) < 4.78 is 13.2. The van der Waals surface area contributed by atoms with Gasteiger partial charge in [0.15, 0.2) is 0 Å². The van der Waals surface area contributed by atoms with Gasteiger partial charge in [0.25, 0.3) is 0 Å². The molecule has 0 heterocycles. The molecule has 0 radical (unpaired) electrons. The third-order valence-electron chi connectivity index (χ3n) is 3.32. The fourth-order valence-electron chi connectivity index (χ4n) is 1.80. The predicted molar refractivity (Wildman–Crippen MR) is 89.7 cm³/mol. The molecule has 3 heteroatoms. The predicted octanol–water partition coefficient (Wildman–Crippen LogP) is 4.91. The zero-order chi connectivity index (χ0) is 15.8. The van der Waals surface area contributed by atoms with E-state index >= 15 is 0 Å². The Bertz CT molecular complexity index is 556. The Morgan fingerprint density at radius 1 is 1.38 bits per heavy atom. The maximum absolute atomic E-state index is 13.2. The maximum Gasteiger partial charge on any atom is 0.126 e. The number of hydrogen-bond donors (Lipinski definition) is 2. The zero-order valence-corrected chi connectivity index (χ0v) is 13.4. The molecule has 1 aromatic carbocycles. The molecule has 0 amide bonds. The first-order chi connectivity index (χ1) is 9.96.